The van der Waals surface area contributed by atoms with Gasteiger partial charge in [0.2, 0.25) is 0 Å². The fraction of sp³-hybridized carbons (Fsp3) is 0.645. The number of allylic oxidation sites excluding steroid dienone is 24. The first-order valence-electron chi connectivity index (χ1n) is 33.8. The van der Waals surface area contributed by atoms with E-state index in [9.17, 15) is 14.4 Å². The van der Waals surface area contributed by atoms with Crippen LogP contribution < -0.4 is 0 Å². The largest absolute Gasteiger partial charge is 0.462 e. The number of rotatable bonds is 60. The molecule has 82 heavy (non-hydrogen) atoms. The Balaban J connectivity index is 4.44. The van der Waals surface area contributed by atoms with Gasteiger partial charge in [0.05, 0.1) is 0 Å². The summed E-state index contributed by atoms with van der Waals surface area (Å²) in [5, 5.41) is 0. The maximum Gasteiger partial charge on any atom is 0.306 e. The molecule has 6 nitrogen and oxygen atoms in total. The second-order valence-corrected chi connectivity index (χ2v) is 22.0. The fourth-order valence-corrected chi connectivity index (χ4v) is 8.99. The Hall–Kier alpha value is -4.71. The van der Waals surface area contributed by atoms with Crippen LogP contribution in [0.15, 0.2) is 146 Å². The summed E-state index contributed by atoms with van der Waals surface area (Å²) in [5.41, 5.74) is 0. The Kier molecular flexibility index (Phi) is 64.8. The van der Waals surface area contributed by atoms with Gasteiger partial charge in [-0.3, -0.25) is 14.4 Å². The van der Waals surface area contributed by atoms with Gasteiger partial charge in [0.1, 0.15) is 13.2 Å². The molecule has 0 aromatic rings. The van der Waals surface area contributed by atoms with E-state index in [4.69, 9.17) is 14.2 Å². The number of carbonyl (C=O) groups excluding carboxylic acids is 3. The maximum absolute atomic E-state index is 12.9. The first kappa shape index (κ1) is 77.3. The van der Waals surface area contributed by atoms with Gasteiger partial charge in [-0.05, 0) is 135 Å². The van der Waals surface area contributed by atoms with Crippen molar-refractivity contribution < 1.29 is 28.6 Å². The normalized spacial score (nSPS) is 13.1. The minimum Gasteiger partial charge on any atom is -0.462 e. The monoisotopic (exact) mass is 1130 g/mol. The zero-order chi connectivity index (χ0) is 59.2. The lowest BCUT2D eigenvalue weighted by Gasteiger charge is -2.18. The lowest BCUT2D eigenvalue weighted by Crippen LogP contribution is -2.30. The summed E-state index contributed by atoms with van der Waals surface area (Å²) in [6.07, 6.45) is 98.6. The van der Waals surface area contributed by atoms with Crippen LogP contribution in [0.2, 0.25) is 0 Å². The Morgan fingerprint density at radius 3 is 0.817 bits per heavy atom. The summed E-state index contributed by atoms with van der Waals surface area (Å²) < 4.78 is 16.9. The molecule has 0 amide bonds. The highest BCUT2D eigenvalue weighted by Gasteiger charge is 2.19. The van der Waals surface area contributed by atoms with Gasteiger partial charge in [0.25, 0.3) is 0 Å². The molecule has 0 aromatic heterocycles. The molecule has 0 rings (SSSR count). The van der Waals surface area contributed by atoms with Crippen molar-refractivity contribution in [1.29, 1.82) is 0 Å². The Bertz CT molecular complexity index is 1780. The number of unbranched alkanes of at least 4 members (excludes halogenated alkanes) is 25. The molecule has 0 aromatic carbocycles. The van der Waals surface area contributed by atoms with E-state index in [-0.39, 0.29) is 37.5 Å². The molecule has 0 heterocycles. The molecule has 464 valence electrons. The number of ether oxygens (including phenoxy) is 3. The Morgan fingerprint density at radius 2 is 0.500 bits per heavy atom. The van der Waals surface area contributed by atoms with Gasteiger partial charge >= 0.3 is 17.9 Å². The van der Waals surface area contributed by atoms with Crippen molar-refractivity contribution in [2.45, 2.75) is 303 Å². The van der Waals surface area contributed by atoms with Crippen molar-refractivity contribution in [3.63, 3.8) is 0 Å². The van der Waals surface area contributed by atoms with E-state index < -0.39 is 6.10 Å². The molecule has 1 atom stereocenters. The van der Waals surface area contributed by atoms with Crippen molar-refractivity contribution in [1.82, 2.24) is 0 Å². The second-order valence-electron chi connectivity index (χ2n) is 22.0. The molecule has 0 aliphatic carbocycles. The van der Waals surface area contributed by atoms with Gasteiger partial charge in [0.15, 0.2) is 6.10 Å². The third-order valence-electron chi connectivity index (χ3n) is 14.0. The predicted octanol–water partition coefficient (Wildman–Crippen LogP) is 23.5. The van der Waals surface area contributed by atoms with E-state index in [1.165, 1.54) is 122 Å². The Morgan fingerprint density at radius 1 is 0.256 bits per heavy atom. The zero-order valence-corrected chi connectivity index (χ0v) is 53.2. The highest BCUT2D eigenvalue weighted by molar-refractivity contribution is 5.71. The summed E-state index contributed by atoms with van der Waals surface area (Å²) in [6.45, 7) is 6.42. The van der Waals surface area contributed by atoms with E-state index in [1.54, 1.807) is 0 Å². The lowest BCUT2D eigenvalue weighted by atomic mass is 10.0. The Labute approximate surface area is 506 Å². The van der Waals surface area contributed by atoms with Crippen LogP contribution in [0.1, 0.15) is 297 Å². The van der Waals surface area contributed by atoms with Crippen LogP contribution in [0, 0.1) is 0 Å². The van der Waals surface area contributed by atoms with Crippen LogP contribution in [0.25, 0.3) is 0 Å². The van der Waals surface area contributed by atoms with Gasteiger partial charge in [0, 0.05) is 19.3 Å². The average molecular weight is 1130 g/mol. The molecule has 0 fully saturated rings. The lowest BCUT2D eigenvalue weighted by molar-refractivity contribution is -0.167. The molecular weight excluding hydrogens is 1010 g/mol. The van der Waals surface area contributed by atoms with Gasteiger partial charge in [-0.15, -0.1) is 0 Å². The molecule has 0 bridgehead atoms. The number of hydrogen-bond acceptors (Lipinski definition) is 6. The van der Waals surface area contributed by atoms with E-state index in [0.717, 1.165) is 128 Å². The third-order valence-corrected chi connectivity index (χ3v) is 14.0. The van der Waals surface area contributed by atoms with Crippen LogP contribution in [0.5, 0.6) is 0 Å². The van der Waals surface area contributed by atoms with Crippen LogP contribution in [0.3, 0.4) is 0 Å². The van der Waals surface area contributed by atoms with Crippen LogP contribution in [-0.4, -0.2) is 37.2 Å². The summed E-state index contributed by atoms with van der Waals surface area (Å²) in [5.74, 6) is -0.986. The molecular formula is C76H124O6. The zero-order valence-electron chi connectivity index (χ0n) is 53.2. The van der Waals surface area contributed by atoms with Gasteiger partial charge < -0.3 is 14.2 Å². The quantitative estimate of drug-likeness (QED) is 0.0261. The van der Waals surface area contributed by atoms with Crippen molar-refractivity contribution in [3.05, 3.63) is 146 Å². The first-order chi connectivity index (χ1) is 40.5. The van der Waals surface area contributed by atoms with Crippen LogP contribution in [0.4, 0.5) is 0 Å². The first-order valence-corrected chi connectivity index (χ1v) is 33.8. The van der Waals surface area contributed by atoms with Crippen molar-refractivity contribution in [3.8, 4) is 0 Å². The second kappa shape index (κ2) is 68.8. The summed E-state index contributed by atoms with van der Waals surface area (Å²) >= 11 is 0. The summed E-state index contributed by atoms with van der Waals surface area (Å²) in [7, 11) is 0. The van der Waals surface area contributed by atoms with Crippen LogP contribution in [-0.2, 0) is 28.6 Å². The van der Waals surface area contributed by atoms with Gasteiger partial charge in [-0.1, -0.05) is 289 Å². The highest BCUT2D eigenvalue weighted by atomic mass is 16.6. The van der Waals surface area contributed by atoms with Gasteiger partial charge in [-0.2, -0.15) is 0 Å². The minimum atomic E-state index is -0.823. The summed E-state index contributed by atoms with van der Waals surface area (Å²) in [6, 6.07) is 0. The molecule has 0 spiro atoms. The molecule has 0 N–H and O–H groups in total. The smallest absolute Gasteiger partial charge is 0.306 e. The number of esters is 3. The number of carbonyl (C=O) groups is 3. The predicted molar refractivity (Wildman–Crippen MR) is 357 cm³/mol. The van der Waals surface area contributed by atoms with Crippen molar-refractivity contribution >= 4 is 17.9 Å². The molecule has 0 radical (unpaired) electrons. The highest BCUT2D eigenvalue weighted by Crippen LogP contribution is 2.15. The fourth-order valence-electron chi connectivity index (χ4n) is 8.99. The van der Waals surface area contributed by atoms with E-state index in [1.807, 2.05) is 0 Å². The third kappa shape index (κ3) is 66.1. The summed E-state index contributed by atoms with van der Waals surface area (Å²) in [4.78, 5) is 38.4. The minimum absolute atomic E-state index is 0.111. The standard InChI is InChI=1S/C76H124O6/c1-4-7-10-13-16-19-22-25-28-30-32-34-36-37-38-39-41-42-44-46-48-51-54-57-60-63-66-69-75(78)81-72-73(71-80-74(77)68-65-62-59-56-53-50-27-24-21-18-15-12-9-6-3)82-76(79)70-67-64-61-58-55-52-49-47-45-43-40-35-33-31-29-26-23-20-17-14-11-8-5-2/h8,11,15,17-18,20,22,24-27,29-30,32-33,35-37,43,45,49,52,58,61,73H,4-7,9-10,12-14,16,19,21,23,28,31,34,38-42,44,46-48,50-51,53-57,59-60,62-72H2,1-3H3/b11-8-,18-15-,20-17-,25-22-,27-24-,29-26-,32-30-,35-33-,37-36-,45-43-,52-49-,61-58-. The molecule has 0 aliphatic heterocycles. The van der Waals surface area contributed by atoms with E-state index >= 15 is 0 Å². The average Bonchev–Trinajstić information content (AvgIpc) is 3.47. The van der Waals surface area contributed by atoms with E-state index in [0.29, 0.717) is 19.3 Å². The molecule has 0 saturated carbocycles. The topological polar surface area (TPSA) is 78.9 Å². The van der Waals surface area contributed by atoms with Gasteiger partial charge in [-0.25, -0.2) is 0 Å². The SMILES string of the molecule is CC/C=C\C/C=C\C/C=C\C/C=C\C/C=C\C/C=C\C/C=C\CCCC(=O)OC(COC(=O)CCCCCCC/C=C\C/C=C\CCCC)COC(=O)CCCCCCCCCCCCCC/C=C\C/C=C\C/C=C\CCCCCCC. The molecule has 6 heteroatoms. The van der Waals surface area contributed by atoms with Crippen molar-refractivity contribution in [2.75, 3.05) is 13.2 Å². The maximum atomic E-state index is 12.9. The molecule has 0 aliphatic rings. The molecule has 0 saturated heterocycles. The number of hydrogen-bond donors (Lipinski definition) is 0. The van der Waals surface area contributed by atoms with Crippen molar-refractivity contribution in [2.24, 2.45) is 0 Å². The van der Waals surface area contributed by atoms with Crippen LogP contribution >= 0.6 is 0 Å². The van der Waals surface area contributed by atoms with E-state index in [2.05, 4.69) is 167 Å². The molecule has 1 unspecified atom stereocenters.